The van der Waals surface area contributed by atoms with Gasteiger partial charge in [-0.15, -0.1) is 0 Å². The van der Waals surface area contributed by atoms with Crippen molar-refractivity contribution in [2.24, 2.45) is 11.8 Å². The molecule has 0 aromatic heterocycles. The van der Waals surface area contributed by atoms with Crippen molar-refractivity contribution in [3.8, 4) is 0 Å². The topological polar surface area (TPSA) is 15.3 Å². The molecule has 100 valence electrons. The largest absolute Gasteiger partial charge is 0.392 e. The van der Waals surface area contributed by atoms with E-state index >= 15 is 0 Å². The van der Waals surface area contributed by atoms with Gasteiger partial charge in [0.05, 0.1) is 5.92 Å². The molecule has 17 heavy (non-hydrogen) atoms. The lowest BCUT2D eigenvalue weighted by atomic mass is 9.92. The first-order valence-electron chi connectivity index (χ1n) is 6.57. The maximum atomic E-state index is 12.8. The standard InChI is InChI=1S/C12H21F3N2/c13-12(14,15)11-3-1-2-10(11)4-7-17-8-5-16-6-9-17/h10-11,16H,1-9H2. The summed E-state index contributed by atoms with van der Waals surface area (Å²) in [6.07, 6.45) is -1.42. The Morgan fingerprint density at radius 2 is 1.82 bits per heavy atom. The van der Waals surface area contributed by atoms with Gasteiger partial charge < -0.3 is 10.2 Å². The highest BCUT2D eigenvalue weighted by atomic mass is 19.4. The number of halogens is 3. The number of hydrogen-bond donors (Lipinski definition) is 1. The molecule has 1 aliphatic carbocycles. The van der Waals surface area contributed by atoms with Gasteiger partial charge in [-0.2, -0.15) is 13.2 Å². The summed E-state index contributed by atoms with van der Waals surface area (Å²) < 4.78 is 38.3. The van der Waals surface area contributed by atoms with Gasteiger partial charge >= 0.3 is 6.18 Å². The third kappa shape index (κ3) is 3.58. The molecule has 2 aliphatic rings. The zero-order valence-electron chi connectivity index (χ0n) is 10.1. The summed E-state index contributed by atoms with van der Waals surface area (Å²) in [5, 5.41) is 3.25. The molecule has 0 bridgehead atoms. The molecule has 2 nitrogen and oxygen atoms in total. The number of piperazine rings is 1. The lowest BCUT2D eigenvalue weighted by molar-refractivity contribution is -0.184. The highest BCUT2D eigenvalue weighted by Gasteiger charge is 2.46. The molecular weight excluding hydrogens is 229 g/mol. The van der Waals surface area contributed by atoms with Crippen LogP contribution in [0.25, 0.3) is 0 Å². The quantitative estimate of drug-likeness (QED) is 0.826. The van der Waals surface area contributed by atoms with Gasteiger partial charge in [0.25, 0.3) is 0 Å². The third-order valence-corrected chi connectivity index (χ3v) is 4.11. The smallest absolute Gasteiger partial charge is 0.314 e. The van der Waals surface area contributed by atoms with Crippen molar-refractivity contribution in [2.75, 3.05) is 32.7 Å². The second-order valence-electron chi connectivity index (χ2n) is 5.22. The van der Waals surface area contributed by atoms with Crippen molar-refractivity contribution in [1.82, 2.24) is 10.2 Å². The number of nitrogens with one attached hydrogen (secondary N) is 1. The molecule has 0 aromatic carbocycles. The van der Waals surface area contributed by atoms with Crippen LogP contribution in [0.5, 0.6) is 0 Å². The van der Waals surface area contributed by atoms with E-state index in [1.807, 2.05) is 0 Å². The zero-order chi connectivity index (χ0) is 12.3. The maximum Gasteiger partial charge on any atom is 0.392 e. The molecule has 1 heterocycles. The second-order valence-corrected chi connectivity index (χ2v) is 5.22. The molecule has 2 rings (SSSR count). The number of rotatable bonds is 3. The fraction of sp³-hybridized carbons (Fsp3) is 1.00. The van der Waals surface area contributed by atoms with Crippen LogP contribution < -0.4 is 5.32 Å². The predicted molar refractivity (Wildman–Crippen MR) is 60.8 cm³/mol. The minimum Gasteiger partial charge on any atom is -0.314 e. The summed E-state index contributed by atoms with van der Waals surface area (Å²) in [4.78, 5) is 2.28. The average Bonchev–Trinajstić information content (AvgIpc) is 2.75. The van der Waals surface area contributed by atoms with Gasteiger partial charge in [0.15, 0.2) is 0 Å². The summed E-state index contributed by atoms with van der Waals surface area (Å²) in [5.41, 5.74) is 0. The van der Waals surface area contributed by atoms with Crippen LogP contribution in [0.2, 0.25) is 0 Å². The van der Waals surface area contributed by atoms with E-state index in [0.717, 1.165) is 45.6 Å². The van der Waals surface area contributed by atoms with Crippen LogP contribution in [0.3, 0.4) is 0 Å². The van der Waals surface area contributed by atoms with Gasteiger partial charge in [-0.1, -0.05) is 6.42 Å². The number of nitrogens with zero attached hydrogens (tertiary/aromatic N) is 1. The Morgan fingerprint density at radius 3 is 2.47 bits per heavy atom. The first-order chi connectivity index (χ1) is 8.07. The van der Waals surface area contributed by atoms with Crippen molar-refractivity contribution in [3.63, 3.8) is 0 Å². The van der Waals surface area contributed by atoms with Gasteiger partial charge in [0, 0.05) is 26.2 Å². The number of alkyl halides is 3. The van der Waals surface area contributed by atoms with Crippen LogP contribution in [-0.4, -0.2) is 43.8 Å². The first-order valence-corrected chi connectivity index (χ1v) is 6.57. The molecule has 5 heteroatoms. The Kier molecular flexibility index (Phi) is 4.31. The lowest BCUT2D eigenvalue weighted by Gasteiger charge is -2.29. The van der Waals surface area contributed by atoms with Crippen molar-refractivity contribution in [2.45, 2.75) is 31.9 Å². The van der Waals surface area contributed by atoms with Gasteiger partial charge in [0.1, 0.15) is 0 Å². The summed E-state index contributed by atoms with van der Waals surface area (Å²) in [6.45, 7) is 4.71. The number of hydrogen-bond acceptors (Lipinski definition) is 2. The Bertz CT molecular complexity index is 236. The molecule has 1 N–H and O–H groups in total. The third-order valence-electron chi connectivity index (χ3n) is 4.11. The Morgan fingerprint density at radius 1 is 1.12 bits per heavy atom. The van der Waals surface area contributed by atoms with Crippen molar-refractivity contribution < 1.29 is 13.2 Å². The molecule has 0 amide bonds. The van der Waals surface area contributed by atoms with Crippen molar-refractivity contribution in [3.05, 3.63) is 0 Å². The second kappa shape index (κ2) is 5.57. The van der Waals surface area contributed by atoms with E-state index < -0.39 is 12.1 Å². The van der Waals surface area contributed by atoms with Crippen LogP contribution in [0, 0.1) is 11.8 Å². The molecule has 1 saturated heterocycles. The van der Waals surface area contributed by atoms with E-state index in [-0.39, 0.29) is 5.92 Å². The normalized spacial score (nSPS) is 31.9. The highest BCUT2D eigenvalue weighted by molar-refractivity contribution is 4.83. The molecular formula is C12H21F3N2. The summed E-state index contributed by atoms with van der Waals surface area (Å²) in [5.74, 6) is -1.17. The Hall–Kier alpha value is -0.290. The molecule has 0 spiro atoms. The van der Waals surface area contributed by atoms with Crippen LogP contribution in [0.4, 0.5) is 13.2 Å². The van der Waals surface area contributed by atoms with E-state index in [0.29, 0.717) is 12.8 Å². The van der Waals surface area contributed by atoms with Crippen LogP contribution >= 0.6 is 0 Å². The molecule has 2 fully saturated rings. The molecule has 1 aliphatic heterocycles. The fourth-order valence-electron chi connectivity index (χ4n) is 3.10. The maximum absolute atomic E-state index is 12.8. The summed E-state index contributed by atoms with van der Waals surface area (Å²) >= 11 is 0. The SMILES string of the molecule is FC(F)(F)C1CCCC1CCN1CCNCC1. The zero-order valence-corrected chi connectivity index (χ0v) is 10.1. The van der Waals surface area contributed by atoms with E-state index in [9.17, 15) is 13.2 Å². The monoisotopic (exact) mass is 250 g/mol. The Labute approximate surface area is 101 Å². The van der Waals surface area contributed by atoms with Gasteiger partial charge in [-0.05, 0) is 31.7 Å². The van der Waals surface area contributed by atoms with Crippen LogP contribution in [0.1, 0.15) is 25.7 Å². The molecule has 0 radical (unpaired) electrons. The van der Waals surface area contributed by atoms with Crippen molar-refractivity contribution >= 4 is 0 Å². The van der Waals surface area contributed by atoms with Crippen LogP contribution in [-0.2, 0) is 0 Å². The first kappa shape index (κ1) is 13.1. The summed E-state index contributed by atoms with van der Waals surface area (Å²) in [6, 6.07) is 0. The minimum atomic E-state index is -3.98. The van der Waals surface area contributed by atoms with E-state index in [1.165, 1.54) is 0 Å². The van der Waals surface area contributed by atoms with E-state index in [2.05, 4.69) is 10.2 Å². The molecule has 2 unspecified atom stereocenters. The van der Waals surface area contributed by atoms with E-state index in [1.54, 1.807) is 0 Å². The summed E-state index contributed by atoms with van der Waals surface area (Å²) in [7, 11) is 0. The molecule has 0 aromatic rings. The minimum absolute atomic E-state index is 0.134. The Balaban J connectivity index is 1.77. The highest BCUT2D eigenvalue weighted by Crippen LogP contribution is 2.44. The lowest BCUT2D eigenvalue weighted by Crippen LogP contribution is -2.44. The van der Waals surface area contributed by atoms with Crippen molar-refractivity contribution in [1.29, 1.82) is 0 Å². The molecule has 1 saturated carbocycles. The van der Waals surface area contributed by atoms with Crippen LogP contribution in [0.15, 0.2) is 0 Å². The van der Waals surface area contributed by atoms with Gasteiger partial charge in [-0.25, -0.2) is 0 Å². The molecule has 2 atom stereocenters. The predicted octanol–water partition coefficient (Wildman–Crippen LogP) is 2.26. The van der Waals surface area contributed by atoms with Gasteiger partial charge in [0.2, 0.25) is 0 Å². The fourth-order valence-corrected chi connectivity index (χ4v) is 3.10. The van der Waals surface area contributed by atoms with Gasteiger partial charge in [-0.3, -0.25) is 0 Å². The average molecular weight is 250 g/mol. The van der Waals surface area contributed by atoms with E-state index in [4.69, 9.17) is 0 Å².